The second-order valence-corrected chi connectivity index (χ2v) is 4.86. The van der Waals surface area contributed by atoms with Crippen molar-refractivity contribution in [2.75, 3.05) is 0 Å². The van der Waals surface area contributed by atoms with E-state index in [-0.39, 0.29) is 24.3 Å². The van der Waals surface area contributed by atoms with Crippen LogP contribution >= 0.6 is 0 Å². The molecule has 0 saturated carbocycles. The van der Waals surface area contributed by atoms with E-state index in [0.29, 0.717) is 6.42 Å². The van der Waals surface area contributed by atoms with Crippen LogP contribution in [-0.4, -0.2) is 30.1 Å². The van der Waals surface area contributed by atoms with Gasteiger partial charge >= 0.3 is 5.97 Å². The van der Waals surface area contributed by atoms with Crippen LogP contribution in [0.1, 0.15) is 27.2 Å². The molecule has 0 unspecified atom stereocenters. The molecule has 3 atom stereocenters. The van der Waals surface area contributed by atoms with Crippen molar-refractivity contribution in [1.82, 2.24) is 0 Å². The first kappa shape index (κ1) is 12.3. The number of allylic oxidation sites excluding steroid dienone is 1. The average molecular weight is 238 g/mol. The molecule has 1 aliphatic carbocycles. The van der Waals surface area contributed by atoms with E-state index < -0.39 is 5.79 Å². The third-order valence-corrected chi connectivity index (χ3v) is 2.92. The molecule has 4 nitrogen and oxygen atoms in total. The van der Waals surface area contributed by atoms with Crippen molar-refractivity contribution in [3.05, 3.63) is 24.3 Å². The molecular weight excluding hydrogens is 220 g/mol. The molecule has 0 N–H and O–H groups in total. The fourth-order valence-electron chi connectivity index (χ4n) is 2.33. The van der Waals surface area contributed by atoms with Gasteiger partial charge in [-0.25, -0.2) is 0 Å². The third kappa shape index (κ3) is 2.58. The number of carbonyl (C=O) groups excluding carboxylic acids is 1. The van der Waals surface area contributed by atoms with Crippen molar-refractivity contribution in [3.8, 4) is 0 Å². The van der Waals surface area contributed by atoms with Crippen LogP contribution in [0.25, 0.3) is 0 Å². The van der Waals surface area contributed by atoms with E-state index in [9.17, 15) is 4.79 Å². The summed E-state index contributed by atoms with van der Waals surface area (Å²) in [6.07, 6.45) is 3.70. The standard InChI is InChI=1S/C13H18O4/c1-5-9-6-10(15-8(2)14)12-11(7-9)16-13(3,4)17-12/h5,7,10-12H,1,6H2,2-4H3/t10-,11-,12-/m1/s1. The van der Waals surface area contributed by atoms with Gasteiger partial charge < -0.3 is 14.2 Å². The number of hydrogen-bond donors (Lipinski definition) is 0. The predicted octanol–water partition coefficient (Wildman–Crippen LogP) is 1.95. The SMILES string of the molecule is C=CC1=C[C@H]2OC(C)(C)O[C@@H]2[C@H](OC(C)=O)C1. The first-order chi connectivity index (χ1) is 7.91. The number of fused-ring (bicyclic) bond motifs is 1. The van der Waals surface area contributed by atoms with Crippen molar-refractivity contribution in [2.45, 2.75) is 51.3 Å². The van der Waals surface area contributed by atoms with Gasteiger partial charge in [0.25, 0.3) is 0 Å². The lowest BCUT2D eigenvalue weighted by Crippen LogP contribution is -2.40. The van der Waals surface area contributed by atoms with Gasteiger partial charge in [0.05, 0.1) is 0 Å². The lowest BCUT2D eigenvalue weighted by atomic mass is 9.92. The maximum absolute atomic E-state index is 11.1. The smallest absolute Gasteiger partial charge is 0.303 e. The van der Waals surface area contributed by atoms with E-state index in [1.807, 2.05) is 19.9 Å². The molecule has 2 rings (SSSR count). The van der Waals surface area contributed by atoms with Gasteiger partial charge in [-0.3, -0.25) is 4.79 Å². The maximum Gasteiger partial charge on any atom is 0.303 e. The molecule has 1 fully saturated rings. The molecule has 0 aromatic carbocycles. The van der Waals surface area contributed by atoms with Gasteiger partial charge in [0.15, 0.2) is 5.79 Å². The Morgan fingerprint density at radius 1 is 1.59 bits per heavy atom. The first-order valence-electron chi connectivity index (χ1n) is 5.77. The Kier molecular flexibility index (Phi) is 3.10. The molecule has 0 amide bonds. The molecular formula is C13H18O4. The number of ether oxygens (including phenoxy) is 3. The van der Waals surface area contributed by atoms with Crippen LogP contribution in [0, 0.1) is 0 Å². The number of carbonyl (C=O) groups is 1. The topological polar surface area (TPSA) is 44.8 Å². The molecule has 2 aliphatic rings. The second kappa shape index (κ2) is 4.27. The normalized spacial score (nSPS) is 34.8. The summed E-state index contributed by atoms with van der Waals surface area (Å²) in [5.41, 5.74) is 1.03. The van der Waals surface area contributed by atoms with Crippen LogP contribution in [0.5, 0.6) is 0 Å². The molecule has 0 radical (unpaired) electrons. The van der Waals surface area contributed by atoms with E-state index in [1.54, 1.807) is 6.08 Å². The highest BCUT2D eigenvalue weighted by atomic mass is 16.8. The van der Waals surface area contributed by atoms with Gasteiger partial charge in [0, 0.05) is 13.3 Å². The van der Waals surface area contributed by atoms with Gasteiger partial charge in [-0.1, -0.05) is 12.7 Å². The number of rotatable bonds is 2. The highest BCUT2D eigenvalue weighted by Crippen LogP contribution is 2.37. The van der Waals surface area contributed by atoms with Crippen LogP contribution < -0.4 is 0 Å². The Morgan fingerprint density at radius 3 is 2.88 bits per heavy atom. The summed E-state index contributed by atoms with van der Waals surface area (Å²) in [4.78, 5) is 11.1. The molecule has 0 aromatic heterocycles. The van der Waals surface area contributed by atoms with Gasteiger partial charge in [0.2, 0.25) is 0 Å². The Hall–Kier alpha value is -1.13. The zero-order valence-electron chi connectivity index (χ0n) is 10.4. The summed E-state index contributed by atoms with van der Waals surface area (Å²) >= 11 is 0. The lowest BCUT2D eigenvalue weighted by Gasteiger charge is -2.29. The van der Waals surface area contributed by atoms with Gasteiger partial charge in [0.1, 0.15) is 18.3 Å². The summed E-state index contributed by atoms with van der Waals surface area (Å²) in [6, 6.07) is 0. The van der Waals surface area contributed by atoms with Crippen LogP contribution in [0.15, 0.2) is 24.3 Å². The van der Waals surface area contributed by atoms with E-state index in [2.05, 4.69) is 6.58 Å². The van der Waals surface area contributed by atoms with E-state index in [1.165, 1.54) is 6.92 Å². The average Bonchev–Trinajstić information content (AvgIpc) is 2.51. The summed E-state index contributed by atoms with van der Waals surface area (Å²) in [5, 5.41) is 0. The summed E-state index contributed by atoms with van der Waals surface area (Å²) in [6.45, 7) is 8.87. The van der Waals surface area contributed by atoms with Crippen LogP contribution in [0.2, 0.25) is 0 Å². The van der Waals surface area contributed by atoms with Gasteiger partial charge in [-0.2, -0.15) is 0 Å². The molecule has 17 heavy (non-hydrogen) atoms. The zero-order valence-corrected chi connectivity index (χ0v) is 10.4. The Labute approximate surface area is 101 Å². The zero-order chi connectivity index (χ0) is 12.6. The largest absolute Gasteiger partial charge is 0.459 e. The summed E-state index contributed by atoms with van der Waals surface area (Å²) in [7, 11) is 0. The van der Waals surface area contributed by atoms with E-state index in [4.69, 9.17) is 14.2 Å². The van der Waals surface area contributed by atoms with Crippen molar-refractivity contribution >= 4 is 5.97 Å². The molecule has 0 aromatic rings. The van der Waals surface area contributed by atoms with Crippen molar-refractivity contribution in [3.63, 3.8) is 0 Å². The summed E-state index contributed by atoms with van der Waals surface area (Å²) in [5.74, 6) is -0.937. The summed E-state index contributed by atoms with van der Waals surface area (Å²) < 4.78 is 16.8. The Morgan fingerprint density at radius 2 is 2.29 bits per heavy atom. The second-order valence-electron chi connectivity index (χ2n) is 4.86. The molecule has 1 aliphatic heterocycles. The first-order valence-corrected chi connectivity index (χ1v) is 5.77. The number of esters is 1. The minimum atomic E-state index is -0.638. The van der Waals surface area contributed by atoms with Crippen molar-refractivity contribution in [2.24, 2.45) is 0 Å². The predicted molar refractivity (Wildman–Crippen MR) is 62.3 cm³/mol. The third-order valence-electron chi connectivity index (χ3n) is 2.92. The van der Waals surface area contributed by atoms with E-state index in [0.717, 1.165) is 5.57 Å². The molecule has 0 bridgehead atoms. The molecule has 4 heteroatoms. The molecule has 1 heterocycles. The molecule has 94 valence electrons. The Bertz CT molecular complexity index is 370. The lowest BCUT2D eigenvalue weighted by molar-refractivity contribution is -0.168. The highest BCUT2D eigenvalue weighted by molar-refractivity contribution is 5.66. The fourth-order valence-corrected chi connectivity index (χ4v) is 2.33. The maximum atomic E-state index is 11.1. The highest BCUT2D eigenvalue weighted by Gasteiger charge is 2.47. The van der Waals surface area contributed by atoms with Crippen LogP contribution in [-0.2, 0) is 19.0 Å². The van der Waals surface area contributed by atoms with Crippen molar-refractivity contribution in [1.29, 1.82) is 0 Å². The van der Waals surface area contributed by atoms with Crippen LogP contribution in [0.3, 0.4) is 0 Å². The van der Waals surface area contributed by atoms with Crippen molar-refractivity contribution < 1.29 is 19.0 Å². The van der Waals surface area contributed by atoms with Gasteiger partial charge in [-0.15, -0.1) is 0 Å². The van der Waals surface area contributed by atoms with E-state index >= 15 is 0 Å². The van der Waals surface area contributed by atoms with Crippen LogP contribution in [0.4, 0.5) is 0 Å². The Balaban J connectivity index is 2.21. The minimum absolute atomic E-state index is 0.170. The fraction of sp³-hybridized carbons (Fsp3) is 0.615. The quantitative estimate of drug-likeness (QED) is 0.690. The number of hydrogen-bond acceptors (Lipinski definition) is 4. The minimum Gasteiger partial charge on any atom is -0.459 e. The van der Waals surface area contributed by atoms with Gasteiger partial charge in [-0.05, 0) is 25.5 Å². The molecule has 1 saturated heterocycles. The monoisotopic (exact) mass is 238 g/mol. The molecule has 0 spiro atoms.